The van der Waals surface area contributed by atoms with Crippen molar-refractivity contribution in [2.45, 2.75) is 19.9 Å². The first-order valence-electron chi connectivity index (χ1n) is 8.80. The molecule has 0 spiro atoms. The second-order valence-electron chi connectivity index (χ2n) is 7.13. The third-order valence-corrected chi connectivity index (χ3v) is 4.95. The summed E-state index contributed by atoms with van der Waals surface area (Å²) in [5.41, 5.74) is 2.11. The second kappa shape index (κ2) is 5.38. The van der Waals surface area contributed by atoms with E-state index < -0.39 is 11.2 Å². The molecule has 1 aromatic carbocycles. The van der Waals surface area contributed by atoms with Gasteiger partial charge in [-0.15, -0.1) is 0 Å². The predicted octanol–water partition coefficient (Wildman–Crippen LogP) is 2.60. The SMILES string of the molecule is CC(C)n1[nH]c(=O)c2c(-c3cnn(C)c3)c3oc4c(O)c(=O)ccc4c3[nH]c21. The molecule has 0 saturated carbocycles. The largest absolute Gasteiger partial charge is 0.502 e. The number of nitrogens with one attached hydrogen (secondary N) is 2. The number of aromatic nitrogens is 5. The van der Waals surface area contributed by atoms with Crippen molar-refractivity contribution >= 4 is 33.1 Å². The molecule has 0 amide bonds. The molecule has 5 aromatic rings. The normalized spacial score (nSPS) is 12.1. The Morgan fingerprint density at radius 3 is 2.68 bits per heavy atom. The molecular weight excluding hydrogens is 362 g/mol. The number of fused-ring (bicyclic) bond motifs is 4. The summed E-state index contributed by atoms with van der Waals surface area (Å²) >= 11 is 0. The van der Waals surface area contributed by atoms with Crippen LogP contribution in [0.5, 0.6) is 5.75 Å². The number of aromatic hydroxyl groups is 1. The van der Waals surface area contributed by atoms with Crippen molar-refractivity contribution in [1.82, 2.24) is 24.5 Å². The number of pyridine rings is 1. The van der Waals surface area contributed by atoms with Gasteiger partial charge >= 0.3 is 0 Å². The smallest absolute Gasteiger partial charge is 0.274 e. The van der Waals surface area contributed by atoms with E-state index in [-0.39, 0.29) is 17.2 Å². The fraction of sp³-hybridized carbons (Fsp3) is 0.211. The number of rotatable bonds is 2. The number of aryl methyl sites for hydroxylation is 1. The summed E-state index contributed by atoms with van der Waals surface area (Å²) < 4.78 is 9.29. The first kappa shape index (κ1) is 16.4. The Morgan fingerprint density at radius 2 is 2.00 bits per heavy atom. The van der Waals surface area contributed by atoms with Gasteiger partial charge in [0, 0.05) is 35.8 Å². The molecule has 0 fully saturated rings. The number of benzene rings is 1. The van der Waals surface area contributed by atoms with Gasteiger partial charge in [-0.1, -0.05) is 0 Å². The lowest BCUT2D eigenvalue weighted by atomic mass is 10.1. The summed E-state index contributed by atoms with van der Waals surface area (Å²) in [5.74, 6) is -0.454. The molecule has 0 saturated heterocycles. The van der Waals surface area contributed by atoms with Crippen molar-refractivity contribution in [3.8, 4) is 16.9 Å². The molecular formula is C19H17N5O4. The standard InChI is InChI=1S/C19H17N5O4/c1-8(2)24-18-13(19(27)22-24)12(9-6-20-23(3)7-9)17-14(21-18)10-4-5-11(25)15(26)16(10)28-17/h4-8,21,26H,1-3H3,(H,22,27). The fourth-order valence-electron chi connectivity index (χ4n) is 3.68. The molecule has 9 heteroatoms. The van der Waals surface area contributed by atoms with Crippen molar-refractivity contribution < 1.29 is 9.52 Å². The second-order valence-corrected chi connectivity index (χ2v) is 7.13. The highest BCUT2D eigenvalue weighted by molar-refractivity contribution is 6.15. The molecule has 142 valence electrons. The van der Waals surface area contributed by atoms with Crippen LogP contribution in [-0.4, -0.2) is 29.7 Å². The Hall–Kier alpha value is -3.75. The van der Waals surface area contributed by atoms with Gasteiger partial charge in [-0.3, -0.25) is 24.1 Å². The minimum atomic E-state index is -0.524. The van der Waals surface area contributed by atoms with E-state index in [1.807, 2.05) is 13.8 Å². The van der Waals surface area contributed by atoms with Gasteiger partial charge in [-0.2, -0.15) is 5.10 Å². The summed E-state index contributed by atoms with van der Waals surface area (Å²) in [6, 6.07) is 2.89. The van der Waals surface area contributed by atoms with Gasteiger partial charge < -0.3 is 14.5 Å². The Kier molecular flexibility index (Phi) is 3.16. The van der Waals surface area contributed by atoms with E-state index in [4.69, 9.17) is 4.42 Å². The molecule has 4 heterocycles. The van der Waals surface area contributed by atoms with Crippen molar-refractivity contribution in [2.75, 3.05) is 0 Å². The third-order valence-electron chi connectivity index (χ3n) is 4.95. The van der Waals surface area contributed by atoms with Gasteiger partial charge in [-0.05, 0) is 26.0 Å². The quantitative estimate of drug-likeness (QED) is 0.435. The first-order valence-corrected chi connectivity index (χ1v) is 8.80. The van der Waals surface area contributed by atoms with Crippen LogP contribution >= 0.6 is 0 Å². The summed E-state index contributed by atoms with van der Waals surface area (Å²) in [6.07, 6.45) is 3.43. The van der Waals surface area contributed by atoms with E-state index in [1.54, 1.807) is 34.9 Å². The van der Waals surface area contributed by atoms with E-state index in [1.165, 1.54) is 6.07 Å². The van der Waals surface area contributed by atoms with E-state index in [0.717, 1.165) is 0 Å². The van der Waals surface area contributed by atoms with Gasteiger partial charge in [0.1, 0.15) is 5.65 Å². The first-order chi connectivity index (χ1) is 13.4. The minimum absolute atomic E-state index is 0.000427. The van der Waals surface area contributed by atoms with Gasteiger partial charge in [0.05, 0.1) is 17.1 Å². The Morgan fingerprint density at radius 1 is 1.21 bits per heavy atom. The van der Waals surface area contributed by atoms with E-state index >= 15 is 0 Å². The van der Waals surface area contributed by atoms with Crippen LogP contribution in [0, 0.1) is 0 Å². The zero-order chi connectivity index (χ0) is 19.7. The summed E-state index contributed by atoms with van der Waals surface area (Å²) in [5, 5.41) is 18.3. The van der Waals surface area contributed by atoms with Crippen LogP contribution < -0.4 is 11.0 Å². The van der Waals surface area contributed by atoms with Crippen molar-refractivity contribution in [2.24, 2.45) is 7.05 Å². The molecule has 0 bridgehead atoms. The number of hydrogen-bond acceptors (Lipinski definition) is 5. The molecule has 3 N–H and O–H groups in total. The number of phenols is 1. The molecule has 0 aliphatic carbocycles. The molecule has 9 nitrogen and oxygen atoms in total. The number of nitrogens with zero attached hydrogens (tertiary/aromatic N) is 3. The zero-order valence-corrected chi connectivity index (χ0v) is 15.4. The lowest BCUT2D eigenvalue weighted by Crippen LogP contribution is -2.07. The van der Waals surface area contributed by atoms with Crippen LogP contribution in [0.3, 0.4) is 0 Å². The van der Waals surface area contributed by atoms with Crippen LogP contribution in [0.1, 0.15) is 19.9 Å². The zero-order valence-electron chi connectivity index (χ0n) is 15.4. The number of H-pyrrole nitrogens is 2. The monoisotopic (exact) mass is 379 g/mol. The summed E-state index contributed by atoms with van der Waals surface area (Å²) in [6.45, 7) is 3.92. The van der Waals surface area contributed by atoms with Gasteiger partial charge in [0.15, 0.2) is 11.2 Å². The predicted molar refractivity (Wildman–Crippen MR) is 105 cm³/mol. The molecule has 0 aliphatic rings. The Bertz CT molecular complexity index is 1510. The highest BCUT2D eigenvalue weighted by Gasteiger charge is 2.24. The summed E-state index contributed by atoms with van der Waals surface area (Å²) in [4.78, 5) is 27.9. The summed E-state index contributed by atoms with van der Waals surface area (Å²) in [7, 11) is 1.78. The fourth-order valence-corrected chi connectivity index (χ4v) is 3.68. The lowest BCUT2D eigenvalue weighted by Gasteiger charge is -2.09. The molecule has 0 unspecified atom stereocenters. The Balaban J connectivity index is 2.09. The van der Waals surface area contributed by atoms with Crippen LogP contribution in [0.15, 0.2) is 38.5 Å². The van der Waals surface area contributed by atoms with Crippen LogP contribution in [0.2, 0.25) is 0 Å². The van der Waals surface area contributed by atoms with Crippen LogP contribution in [0.4, 0.5) is 0 Å². The highest BCUT2D eigenvalue weighted by Crippen LogP contribution is 2.39. The average Bonchev–Trinajstić information content (AvgIpc) is 3.33. The highest BCUT2D eigenvalue weighted by atomic mass is 16.4. The molecule has 28 heavy (non-hydrogen) atoms. The molecule has 0 aliphatic heterocycles. The maximum Gasteiger partial charge on any atom is 0.274 e. The molecule has 0 atom stereocenters. The Labute approximate surface area is 156 Å². The minimum Gasteiger partial charge on any atom is -0.502 e. The number of furan rings is 1. The van der Waals surface area contributed by atoms with Gasteiger partial charge in [-0.25, -0.2) is 0 Å². The number of aromatic amines is 2. The maximum atomic E-state index is 12.8. The molecule has 4 aromatic heterocycles. The van der Waals surface area contributed by atoms with Gasteiger partial charge in [0.25, 0.3) is 5.56 Å². The van der Waals surface area contributed by atoms with Crippen molar-refractivity contribution in [1.29, 1.82) is 0 Å². The molecule has 5 rings (SSSR count). The van der Waals surface area contributed by atoms with E-state index in [0.29, 0.717) is 38.6 Å². The van der Waals surface area contributed by atoms with Crippen molar-refractivity contribution in [3.05, 3.63) is 45.1 Å². The topological polar surface area (TPSA) is 122 Å². The number of hydrogen-bond donors (Lipinski definition) is 3. The lowest BCUT2D eigenvalue weighted by molar-refractivity contribution is 0.464. The maximum absolute atomic E-state index is 12.8. The van der Waals surface area contributed by atoms with Crippen LogP contribution in [-0.2, 0) is 7.05 Å². The molecule has 0 radical (unpaired) electrons. The van der Waals surface area contributed by atoms with Crippen molar-refractivity contribution in [3.63, 3.8) is 0 Å². The third kappa shape index (κ3) is 2.04. The van der Waals surface area contributed by atoms with E-state index in [9.17, 15) is 14.7 Å². The number of phenolic OH excluding ortho intramolecular Hbond substituents is 1. The average molecular weight is 379 g/mol. The van der Waals surface area contributed by atoms with Gasteiger partial charge in [0.2, 0.25) is 11.2 Å². The van der Waals surface area contributed by atoms with E-state index in [2.05, 4.69) is 15.2 Å². The van der Waals surface area contributed by atoms with Crippen LogP contribution in [0.25, 0.3) is 44.2 Å².